The Morgan fingerprint density at radius 2 is 1.64 bits per heavy atom. The van der Waals surface area contributed by atoms with Crippen molar-refractivity contribution in [3.63, 3.8) is 0 Å². The Kier molecular flexibility index (Phi) is 4.18. The fourth-order valence-corrected chi connectivity index (χ4v) is 3.46. The van der Waals surface area contributed by atoms with Crippen molar-refractivity contribution >= 4 is 21.4 Å². The molecule has 6 nitrogen and oxygen atoms in total. The summed E-state index contributed by atoms with van der Waals surface area (Å²) in [6.07, 6.45) is 0. The highest BCUT2D eigenvalue weighted by molar-refractivity contribution is 7.92. The Balaban J connectivity index is 2.43. The topological polar surface area (TPSA) is 89.3 Å². The molecule has 0 radical (unpaired) electrons. The normalized spacial score (nSPS) is 11.2. The average molecular weight is 320 g/mol. The number of sulfonamides is 1. The van der Waals surface area contributed by atoms with Gasteiger partial charge in [-0.3, -0.25) is 14.8 Å². The van der Waals surface area contributed by atoms with Crippen molar-refractivity contribution in [2.45, 2.75) is 25.7 Å². The molecule has 2 rings (SSSR count). The molecule has 0 saturated heterocycles. The summed E-state index contributed by atoms with van der Waals surface area (Å²) in [5.41, 5.74) is 1.94. The second kappa shape index (κ2) is 5.76. The van der Waals surface area contributed by atoms with E-state index in [0.717, 1.165) is 5.56 Å². The van der Waals surface area contributed by atoms with Crippen LogP contribution in [0.1, 0.15) is 16.7 Å². The molecule has 0 atom stereocenters. The molecule has 0 heterocycles. The van der Waals surface area contributed by atoms with Crippen LogP contribution in [0.3, 0.4) is 0 Å². The molecule has 0 bridgehead atoms. The Labute approximate surface area is 129 Å². The standard InChI is InChI=1S/C15H16N2O4S/c1-10-4-5-12(3)15(8-10)22(20,21)16-13-7-6-11(2)14(9-13)17(18)19/h4-9,16H,1-3H3. The molecule has 0 aliphatic carbocycles. The predicted octanol–water partition coefficient (Wildman–Crippen LogP) is 3.32. The smallest absolute Gasteiger partial charge is 0.274 e. The minimum absolute atomic E-state index is 0.124. The predicted molar refractivity (Wildman–Crippen MR) is 84.6 cm³/mol. The zero-order valence-corrected chi connectivity index (χ0v) is 13.3. The summed E-state index contributed by atoms with van der Waals surface area (Å²) in [6.45, 7) is 5.10. The molecular formula is C15H16N2O4S. The van der Waals surface area contributed by atoms with E-state index in [1.165, 1.54) is 18.2 Å². The fraction of sp³-hybridized carbons (Fsp3) is 0.200. The van der Waals surface area contributed by atoms with Crippen molar-refractivity contribution in [3.05, 3.63) is 63.2 Å². The van der Waals surface area contributed by atoms with Gasteiger partial charge < -0.3 is 0 Å². The molecule has 22 heavy (non-hydrogen) atoms. The maximum Gasteiger partial charge on any atom is 0.274 e. The third kappa shape index (κ3) is 3.25. The highest BCUT2D eigenvalue weighted by Crippen LogP contribution is 2.25. The quantitative estimate of drug-likeness (QED) is 0.691. The van der Waals surface area contributed by atoms with Gasteiger partial charge in [-0.2, -0.15) is 0 Å². The van der Waals surface area contributed by atoms with Gasteiger partial charge >= 0.3 is 0 Å². The first-order chi connectivity index (χ1) is 10.2. The van der Waals surface area contributed by atoms with Crippen molar-refractivity contribution in [1.82, 2.24) is 0 Å². The summed E-state index contributed by atoms with van der Waals surface area (Å²) in [6, 6.07) is 9.36. The van der Waals surface area contributed by atoms with E-state index < -0.39 is 14.9 Å². The third-order valence-electron chi connectivity index (χ3n) is 3.29. The minimum Gasteiger partial charge on any atom is -0.279 e. The van der Waals surface area contributed by atoms with Crippen LogP contribution in [0.15, 0.2) is 41.3 Å². The van der Waals surface area contributed by atoms with Gasteiger partial charge in [0.15, 0.2) is 0 Å². The van der Waals surface area contributed by atoms with Crippen LogP contribution in [-0.2, 0) is 10.0 Å². The van der Waals surface area contributed by atoms with Gasteiger partial charge in [-0.05, 0) is 44.0 Å². The molecule has 7 heteroatoms. The van der Waals surface area contributed by atoms with Gasteiger partial charge in [0.05, 0.1) is 15.5 Å². The first-order valence-corrected chi connectivity index (χ1v) is 8.04. The van der Waals surface area contributed by atoms with Crippen molar-refractivity contribution < 1.29 is 13.3 Å². The zero-order valence-electron chi connectivity index (χ0n) is 12.5. The molecule has 0 fully saturated rings. The molecule has 116 valence electrons. The van der Waals surface area contributed by atoms with Gasteiger partial charge in [0.25, 0.3) is 15.7 Å². The molecule has 0 saturated carbocycles. The SMILES string of the molecule is Cc1ccc(C)c(S(=O)(=O)Nc2ccc(C)c([N+](=O)[O-])c2)c1. The van der Waals surface area contributed by atoms with Crippen molar-refractivity contribution in [1.29, 1.82) is 0 Å². The highest BCUT2D eigenvalue weighted by Gasteiger charge is 2.19. The van der Waals surface area contributed by atoms with Crippen LogP contribution in [0.25, 0.3) is 0 Å². The third-order valence-corrected chi connectivity index (χ3v) is 4.81. The van der Waals surface area contributed by atoms with Gasteiger partial charge in [-0.1, -0.05) is 18.2 Å². The Morgan fingerprint density at radius 1 is 1.00 bits per heavy atom. The summed E-state index contributed by atoms with van der Waals surface area (Å²) >= 11 is 0. The summed E-state index contributed by atoms with van der Waals surface area (Å²) in [7, 11) is -3.79. The fourth-order valence-electron chi connectivity index (χ4n) is 2.08. The molecule has 0 unspecified atom stereocenters. The van der Waals surface area contributed by atoms with E-state index in [4.69, 9.17) is 0 Å². The lowest BCUT2D eigenvalue weighted by Crippen LogP contribution is -2.14. The maximum absolute atomic E-state index is 12.5. The Bertz CT molecular complexity index is 845. The Hall–Kier alpha value is -2.41. The molecule has 2 aromatic rings. The van der Waals surface area contributed by atoms with Crippen LogP contribution in [0, 0.1) is 30.9 Å². The van der Waals surface area contributed by atoms with Crippen molar-refractivity contribution in [2.24, 2.45) is 0 Å². The lowest BCUT2D eigenvalue weighted by atomic mass is 10.2. The summed E-state index contributed by atoms with van der Waals surface area (Å²) in [4.78, 5) is 10.6. The molecular weight excluding hydrogens is 304 g/mol. The molecule has 0 aromatic heterocycles. The van der Waals surface area contributed by atoms with E-state index in [2.05, 4.69) is 4.72 Å². The van der Waals surface area contributed by atoms with Crippen LogP contribution in [0.2, 0.25) is 0 Å². The summed E-state index contributed by atoms with van der Waals surface area (Å²) in [5, 5.41) is 10.9. The van der Waals surface area contributed by atoms with Gasteiger partial charge in [0.1, 0.15) is 0 Å². The maximum atomic E-state index is 12.5. The second-order valence-electron chi connectivity index (χ2n) is 5.13. The number of nitrogens with one attached hydrogen (secondary N) is 1. The number of benzene rings is 2. The van der Waals surface area contributed by atoms with E-state index in [1.807, 2.05) is 6.07 Å². The van der Waals surface area contributed by atoms with Crippen LogP contribution in [0.4, 0.5) is 11.4 Å². The van der Waals surface area contributed by atoms with Crippen LogP contribution in [0.5, 0.6) is 0 Å². The number of nitro benzene ring substituents is 1. The molecule has 0 amide bonds. The number of anilines is 1. The lowest BCUT2D eigenvalue weighted by Gasteiger charge is -2.11. The average Bonchev–Trinajstić information content (AvgIpc) is 2.43. The molecule has 0 aliphatic heterocycles. The van der Waals surface area contributed by atoms with Gasteiger partial charge in [0.2, 0.25) is 0 Å². The van der Waals surface area contributed by atoms with Crippen molar-refractivity contribution in [3.8, 4) is 0 Å². The Morgan fingerprint density at radius 3 is 2.27 bits per heavy atom. The van der Waals surface area contributed by atoms with Crippen LogP contribution >= 0.6 is 0 Å². The second-order valence-corrected chi connectivity index (χ2v) is 6.78. The summed E-state index contributed by atoms with van der Waals surface area (Å²) < 4.78 is 27.3. The molecule has 2 aromatic carbocycles. The van der Waals surface area contributed by atoms with Gasteiger partial charge in [-0.15, -0.1) is 0 Å². The van der Waals surface area contributed by atoms with E-state index >= 15 is 0 Å². The van der Waals surface area contributed by atoms with Crippen molar-refractivity contribution in [2.75, 3.05) is 4.72 Å². The highest BCUT2D eigenvalue weighted by atomic mass is 32.2. The molecule has 0 spiro atoms. The number of nitro groups is 1. The number of rotatable bonds is 4. The van der Waals surface area contributed by atoms with E-state index in [1.54, 1.807) is 32.9 Å². The monoisotopic (exact) mass is 320 g/mol. The first-order valence-electron chi connectivity index (χ1n) is 6.56. The van der Waals surface area contributed by atoms with E-state index in [0.29, 0.717) is 11.1 Å². The number of aryl methyl sites for hydroxylation is 3. The van der Waals surface area contributed by atoms with Gasteiger partial charge in [-0.25, -0.2) is 8.42 Å². The largest absolute Gasteiger partial charge is 0.279 e. The number of hydrogen-bond acceptors (Lipinski definition) is 4. The molecule has 1 N–H and O–H groups in total. The lowest BCUT2D eigenvalue weighted by molar-refractivity contribution is -0.385. The summed E-state index contributed by atoms with van der Waals surface area (Å²) in [5.74, 6) is 0. The molecule has 0 aliphatic rings. The number of hydrogen-bond donors (Lipinski definition) is 1. The van der Waals surface area contributed by atoms with E-state index in [9.17, 15) is 18.5 Å². The zero-order chi connectivity index (χ0) is 16.5. The van der Waals surface area contributed by atoms with Gasteiger partial charge in [0, 0.05) is 11.6 Å². The van der Waals surface area contributed by atoms with Crippen LogP contribution < -0.4 is 4.72 Å². The van der Waals surface area contributed by atoms with E-state index in [-0.39, 0.29) is 16.3 Å². The van der Waals surface area contributed by atoms with Crippen LogP contribution in [-0.4, -0.2) is 13.3 Å². The number of nitrogens with zero attached hydrogens (tertiary/aromatic N) is 1. The minimum atomic E-state index is -3.79. The first kappa shape index (κ1) is 16.0.